The first-order chi connectivity index (χ1) is 29.7. The summed E-state index contributed by atoms with van der Waals surface area (Å²) in [6.45, 7) is 0. The Kier molecular flexibility index (Phi) is 6.98. The Morgan fingerprint density at radius 1 is 0.333 bits per heavy atom. The highest BCUT2D eigenvalue weighted by atomic mass is 16.3. The molecule has 10 aromatic carbocycles. The van der Waals surface area contributed by atoms with Crippen molar-refractivity contribution in [1.82, 2.24) is 14.5 Å². The van der Waals surface area contributed by atoms with Crippen molar-refractivity contribution in [2.24, 2.45) is 0 Å². The van der Waals surface area contributed by atoms with Gasteiger partial charge in [-0.05, 0) is 104 Å². The quantitative estimate of drug-likeness (QED) is 0.168. The van der Waals surface area contributed by atoms with Crippen molar-refractivity contribution in [3.8, 4) is 39.6 Å². The molecule has 0 unspecified atom stereocenters. The van der Waals surface area contributed by atoms with E-state index in [0.29, 0.717) is 5.82 Å². The first-order valence-corrected chi connectivity index (χ1v) is 20.4. The lowest BCUT2D eigenvalue weighted by atomic mass is 9.94. The van der Waals surface area contributed by atoms with Gasteiger partial charge in [-0.3, -0.25) is 0 Å². The van der Waals surface area contributed by atoms with E-state index in [2.05, 4.69) is 187 Å². The highest BCUT2D eigenvalue weighted by Crippen LogP contribution is 2.40. The largest absolute Gasteiger partial charge is 0.456 e. The van der Waals surface area contributed by atoms with Gasteiger partial charge < -0.3 is 8.98 Å². The summed E-state index contributed by atoms with van der Waals surface area (Å²) in [5, 5.41) is 14.4. The van der Waals surface area contributed by atoms with Crippen LogP contribution < -0.4 is 0 Å². The van der Waals surface area contributed by atoms with Crippen LogP contribution in [-0.2, 0) is 0 Å². The van der Waals surface area contributed by atoms with Gasteiger partial charge in [0.25, 0.3) is 0 Å². The van der Waals surface area contributed by atoms with Crippen LogP contribution >= 0.6 is 0 Å². The average molecular weight is 764 g/mol. The topological polar surface area (TPSA) is 43.9 Å². The van der Waals surface area contributed by atoms with E-state index in [4.69, 9.17) is 14.4 Å². The van der Waals surface area contributed by atoms with Crippen molar-refractivity contribution >= 4 is 86.8 Å². The van der Waals surface area contributed by atoms with Crippen LogP contribution in [0.4, 0.5) is 0 Å². The molecule has 4 heteroatoms. The third-order valence-corrected chi connectivity index (χ3v) is 12.4. The number of hydrogen-bond acceptors (Lipinski definition) is 3. The third-order valence-electron chi connectivity index (χ3n) is 12.4. The fourth-order valence-electron chi connectivity index (χ4n) is 9.62. The summed E-state index contributed by atoms with van der Waals surface area (Å²) in [5.41, 5.74) is 9.93. The summed E-state index contributed by atoms with van der Waals surface area (Å²) in [6.07, 6.45) is 0. The molecule has 0 amide bonds. The molecule has 4 nitrogen and oxygen atoms in total. The zero-order valence-electron chi connectivity index (χ0n) is 32.3. The van der Waals surface area contributed by atoms with Gasteiger partial charge in [0.1, 0.15) is 11.2 Å². The van der Waals surface area contributed by atoms with Gasteiger partial charge in [-0.2, -0.15) is 0 Å². The number of hydrogen-bond donors (Lipinski definition) is 0. The number of para-hydroxylation sites is 2. The van der Waals surface area contributed by atoms with Crippen LogP contribution in [0.25, 0.3) is 126 Å². The van der Waals surface area contributed by atoms with Crippen molar-refractivity contribution in [3.05, 3.63) is 200 Å². The van der Waals surface area contributed by atoms with E-state index >= 15 is 0 Å². The SMILES string of the molecule is c1ccc2c(-c3cc(-c4ccc5c(c4)c4ccccc4n5-c4ccc5c6ccccc6c6ccccc6c5c4)nc(-c4ccc5oc6ccccc6c5c4)n3)cccc2c1. The molecule has 0 aliphatic heterocycles. The van der Waals surface area contributed by atoms with E-state index in [-0.39, 0.29) is 0 Å². The van der Waals surface area contributed by atoms with Gasteiger partial charge in [0.2, 0.25) is 0 Å². The summed E-state index contributed by atoms with van der Waals surface area (Å²) in [6, 6.07) is 71.6. The average Bonchev–Trinajstić information content (AvgIpc) is 3.86. The Morgan fingerprint density at radius 3 is 1.73 bits per heavy atom. The van der Waals surface area contributed by atoms with E-state index in [0.717, 1.165) is 72.1 Å². The smallest absolute Gasteiger partial charge is 0.160 e. The number of fused-ring (bicyclic) bond motifs is 13. The van der Waals surface area contributed by atoms with Crippen molar-refractivity contribution in [2.45, 2.75) is 0 Å². The molecule has 0 bridgehead atoms. The number of nitrogens with zero attached hydrogens (tertiary/aromatic N) is 3. The van der Waals surface area contributed by atoms with E-state index in [1.807, 2.05) is 18.2 Å². The first kappa shape index (κ1) is 32.9. The van der Waals surface area contributed by atoms with Crippen molar-refractivity contribution in [1.29, 1.82) is 0 Å². The van der Waals surface area contributed by atoms with Gasteiger partial charge in [0, 0.05) is 43.9 Å². The molecule has 278 valence electrons. The molecule has 0 N–H and O–H groups in total. The summed E-state index contributed by atoms with van der Waals surface area (Å²) in [4.78, 5) is 10.6. The molecule has 13 rings (SSSR count). The predicted octanol–water partition coefficient (Wildman–Crippen LogP) is 15.1. The maximum atomic E-state index is 6.20. The van der Waals surface area contributed by atoms with Crippen molar-refractivity contribution in [3.63, 3.8) is 0 Å². The Morgan fingerprint density at radius 2 is 0.917 bits per heavy atom. The van der Waals surface area contributed by atoms with Crippen LogP contribution in [0.2, 0.25) is 0 Å². The minimum atomic E-state index is 0.668. The van der Waals surface area contributed by atoms with Crippen molar-refractivity contribution in [2.75, 3.05) is 0 Å². The number of rotatable bonds is 4. The number of furan rings is 1. The van der Waals surface area contributed by atoms with Gasteiger partial charge in [0.05, 0.1) is 22.4 Å². The standard InChI is InChI=1S/C56H33N3O/c1-2-14-38-34(12-1)13-11-21-44(38)51-33-50(57-56(58-51)36-25-29-55-49(31-36)46-20-8-10-23-54(46)60-55)35-24-28-53-48(30-35)45-19-7-9-22-52(45)59(53)37-26-27-43-41-17-4-3-15-39(41)40-16-5-6-18-42(40)47(43)32-37/h1-33H. The highest BCUT2D eigenvalue weighted by Gasteiger charge is 2.18. The normalized spacial score (nSPS) is 12.0. The summed E-state index contributed by atoms with van der Waals surface area (Å²) in [7, 11) is 0. The predicted molar refractivity (Wildman–Crippen MR) is 250 cm³/mol. The molecule has 0 aliphatic rings. The fraction of sp³-hybridized carbons (Fsp3) is 0. The molecule has 0 spiro atoms. The monoisotopic (exact) mass is 763 g/mol. The highest BCUT2D eigenvalue weighted by molar-refractivity contribution is 6.25. The van der Waals surface area contributed by atoms with Crippen LogP contribution in [-0.4, -0.2) is 14.5 Å². The Labute approximate surface area is 344 Å². The van der Waals surface area contributed by atoms with Gasteiger partial charge in [-0.1, -0.05) is 140 Å². The van der Waals surface area contributed by atoms with E-state index in [1.54, 1.807) is 0 Å². The van der Waals surface area contributed by atoms with Crippen LogP contribution in [0, 0.1) is 0 Å². The molecule has 0 atom stereocenters. The molecule has 0 saturated heterocycles. The van der Waals surface area contributed by atoms with Crippen LogP contribution in [0.1, 0.15) is 0 Å². The lowest BCUT2D eigenvalue weighted by Gasteiger charge is -2.14. The first-order valence-electron chi connectivity index (χ1n) is 20.4. The maximum absolute atomic E-state index is 6.20. The molecular formula is C56H33N3O. The van der Waals surface area contributed by atoms with E-state index < -0.39 is 0 Å². The summed E-state index contributed by atoms with van der Waals surface area (Å²) < 4.78 is 8.61. The lowest BCUT2D eigenvalue weighted by molar-refractivity contribution is 0.669. The molecule has 3 aromatic heterocycles. The lowest BCUT2D eigenvalue weighted by Crippen LogP contribution is -1.97. The minimum Gasteiger partial charge on any atom is -0.456 e. The summed E-state index contributed by atoms with van der Waals surface area (Å²) >= 11 is 0. The fourth-order valence-corrected chi connectivity index (χ4v) is 9.62. The van der Waals surface area contributed by atoms with Crippen LogP contribution in [0.5, 0.6) is 0 Å². The number of aromatic nitrogens is 3. The summed E-state index contributed by atoms with van der Waals surface area (Å²) in [5.74, 6) is 0.668. The Hall–Kier alpha value is -8.08. The molecule has 3 heterocycles. The Bertz CT molecular complexity index is 3870. The van der Waals surface area contributed by atoms with Crippen molar-refractivity contribution < 1.29 is 4.42 Å². The Balaban J connectivity index is 1.03. The second kappa shape index (κ2) is 12.7. The van der Waals surface area contributed by atoms with Gasteiger partial charge in [-0.15, -0.1) is 0 Å². The molecule has 13 aromatic rings. The second-order valence-corrected chi connectivity index (χ2v) is 15.7. The maximum Gasteiger partial charge on any atom is 0.160 e. The zero-order chi connectivity index (χ0) is 39.3. The van der Waals surface area contributed by atoms with Gasteiger partial charge in [-0.25, -0.2) is 9.97 Å². The van der Waals surface area contributed by atoms with Crippen LogP contribution in [0.3, 0.4) is 0 Å². The molecule has 0 aliphatic carbocycles. The number of benzene rings is 10. The van der Waals surface area contributed by atoms with Gasteiger partial charge in [0.15, 0.2) is 5.82 Å². The molecule has 0 saturated carbocycles. The van der Waals surface area contributed by atoms with E-state index in [1.165, 1.54) is 48.5 Å². The van der Waals surface area contributed by atoms with Crippen LogP contribution in [0.15, 0.2) is 205 Å². The zero-order valence-corrected chi connectivity index (χ0v) is 32.3. The second-order valence-electron chi connectivity index (χ2n) is 15.7. The molecular weight excluding hydrogens is 731 g/mol. The third kappa shape index (κ3) is 4.91. The molecule has 0 fully saturated rings. The van der Waals surface area contributed by atoms with Gasteiger partial charge >= 0.3 is 0 Å². The minimum absolute atomic E-state index is 0.668. The molecule has 60 heavy (non-hydrogen) atoms. The van der Waals surface area contributed by atoms with E-state index in [9.17, 15) is 0 Å². The molecule has 0 radical (unpaired) electrons.